The topological polar surface area (TPSA) is 124 Å². The summed E-state index contributed by atoms with van der Waals surface area (Å²) in [6.45, 7) is 7.39. The molecule has 0 bridgehead atoms. The second-order valence-corrected chi connectivity index (χ2v) is 13.2. The van der Waals surface area contributed by atoms with Crippen molar-refractivity contribution in [3.63, 3.8) is 0 Å². The lowest BCUT2D eigenvalue weighted by Crippen LogP contribution is -2.42. The maximum atomic E-state index is 15.9. The van der Waals surface area contributed by atoms with E-state index >= 15 is 4.39 Å². The fraction of sp³-hybridized carbons (Fsp3) is 0.593. The molecule has 13 heteroatoms. The number of anilines is 1. The number of carbonyl (C=O) groups excluding carboxylic acids is 2. The number of esters is 1. The largest absolute Gasteiger partial charge is 0.492 e. The van der Waals surface area contributed by atoms with Gasteiger partial charge in [0.15, 0.2) is 26.4 Å². The number of carbonyl (C=O) groups is 2. The second-order valence-electron chi connectivity index (χ2n) is 11.2. The maximum absolute atomic E-state index is 15.9. The third kappa shape index (κ3) is 5.48. The van der Waals surface area contributed by atoms with Gasteiger partial charge in [0.1, 0.15) is 16.9 Å². The molecule has 1 aliphatic heterocycles. The number of likely N-dealkylation sites (N-methyl/N-ethyl adjacent to an activating group) is 1. The molecular weight excluding hydrogens is 545 g/mol. The number of ether oxygens (including phenoxy) is 3. The Balaban J connectivity index is 1.91. The fourth-order valence-electron chi connectivity index (χ4n) is 5.13. The number of fused-ring (bicyclic) bond motifs is 1. The number of methoxy groups -OCH3 is 1. The summed E-state index contributed by atoms with van der Waals surface area (Å²) in [5.74, 6) is -1.87. The van der Waals surface area contributed by atoms with Gasteiger partial charge >= 0.3 is 12.1 Å². The number of rotatable bonds is 7. The van der Waals surface area contributed by atoms with Gasteiger partial charge in [0, 0.05) is 32.4 Å². The smallest absolute Gasteiger partial charge is 0.410 e. The SMILES string of the molecule is CCOC(=O)c1c(S(C)(=O)=O)n(C2CC2)c2c(OC)c(N3CCC(N(C)C(=O)OC(C)(C)C)C3)c(F)cc2c1=O. The van der Waals surface area contributed by atoms with Crippen LogP contribution in [0.15, 0.2) is 15.9 Å². The van der Waals surface area contributed by atoms with Crippen LogP contribution in [0.4, 0.5) is 14.9 Å². The predicted molar refractivity (Wildman–Crippen MR) is 147 cm³/mol. The highest BCUT2D eigenvalue weighted by atomic mass is 32.2. The number of hydrogen-bond donors (Lipinski definition) is 0. The van der Waals surface area contributed by atoms with Crippen LogP contribution < -0.4 is 15.1 Å². The van der Waals surface area contributed by atoms with E-state index in [4.69, 9.17) is 14.2 Å². The van der Waals surface area contributed by atoms with Crippen LogP contribution in [0.25, 0.3) is 10.9 Å². The van der Waals surface area contributed by atoms with E-state index < -0.39 is 49.3 Å². The van der Waals surface area contributed by atoms with Crippen molar-refractivity contribution >= 4 is 38.5 Å². The first kappa shape index (κ1) is 29.6. The van der Waals surface area contributed by atoms with E-state index in [-0.39, 0.29) is 47.6 Å². The molecule has 1 unspecified atom stereocenters. The Bertz CT molecular complexity index is 1530. The van der Waals surface area contributed by atoms with Gasteiger partial charge in [0.05, 0.1) is 30.7 Å². The summed E-state index contributed by atoms with van der Waals surface area (Å²) in [5.41, 5.74) is -2.11. The summed E-state index contributed by atoms with van der Waals surface area (Å²) in [6, 6.07) is 0.393. The standard InChI is InChI=1S/C27H36FN3O8S/c1-8-38-25(33)19-22(32)17-13-18(28)21(30-12-11-16(14-30)29(5)26(34)39-27(2,3)4)23(37-6)20(17)31(15-9-10-15)24(19)40(7,35)36/h13,15-16H,8-12,14H2,1-7H3. The Hall–Kier alpha value is -3.35. The molecule has 1 aliphatic carbocycles. The molecule has 2 heterocycles. The normalized spacial score (nSPS) is 17.7. The molecule has 1 amide bonds. The first-order valence-electron chi connectivity index (χ1n) is 13.2. The first-order valence-corrected chi connectivity index (χ1v) is 15.1. The summed E-state index contributed by atoms with van der Waals surface area (Å²) in [7, 11) is -1.18. The molecule has 4 rings (SSSR count). The molecule has 2 aromatic rings. The van der Waals surface area contributed by atoms with Crippen molar-refractivity contribution in [3.8, 4) is 5.75 Å². The van der Waals surface area contributed by atoms with E-state index in [1.165, 1.54) is 23.5 Å². The van der Waals surface area contributed by atoms with Crippen LogP contribution in [0.1, 0.15) is 63.4 Å². The van der Waals surface area contributed by atoms with Gasteiger partial charge < -0.3 is 28.6 Å². The minimum Gasteiger partial charge on any atom is -0.492 e. The summed E-state index contributed by atoms with van der Waals surface area (Å²) >= 11 is 0. The van der Waals surface area contributed by atoms with Gasteiger partial charge in [0.25, 0.3) is 0 Å². The molecule has 220 valence electrons. The van der Waals surface area contributed by atoms with Crippen LogP contribution in [0.3, 0.4) is 0 Å². The van der Waals surface area contributed by atoms with E-state index in [0.717, 1.165) is 12.3 Å². The van der Waals surface area contributed by atoms with Crippen LogP contribution in [-0.2, 0) is 19.3 Å². The van der Waals surface area contributed by atoms with E-state index in [2.05, 4.69) is 0 Å². The highest BCUT2D eigenvalue weighted by molar-refractivity contribution is 7.90. The summed E-state index contributed by atoms with van der Waals surface area (Å²) in [4.78, 5) is 42.3. The summed E-state index contributed by atoms with van der Waals surface area (Å²) in [6.07, 6.45) is 2.14. The fourth-order valence-corrected chi connectivity index (χ4v) is 6.28. The molecule has 0 N–H and O–H groups in total. The van der Waals surface area contributed by atoms with Crippen molar-refractivity contribution in [2.45, 2.75) is 69.7 Å². The number of amides is 1. The molecule has 1 saturated carbocycles. The average Bonchev–Trinajstić information content (AvgIpc) is 3.57. The van der Waals surface area contributed by atoms with Crippen LogP contribution in [0.2, 0.25) is 0 Å². The molecule has 2 fully saturated rings. The number of aromatic nitrogens is 1. The van der Waals surface area contributed by atoms with Crippen LogP contribution >= 0.6 is 0 Å². The van der Waals surface area contributed by atoms with Crippen molar-refractivity contribution in [3.05, 3.63) is 27.7 Å². The molecule has 1 aromatic heterocycles. The number of hydrogen-bond acceptors (Lipinski definition) is 9. The minimum absolute atomic E-state index is 0.0140. The molecule has 0 radical (unpaired) electrons. The summed E-state index contributed by atoms with van der Waals surface area (Å²) < 4.78 is 59.6. The van der Waals surface area contributed by atoms with Gasteiger partial charge in [-0.2, -0.15) is 0 Å². The van der Waals surface area contributed by atoms with Gasteiger partial charge in [-0.25, -0.2) is 22.4 Å². The number of pyridine rings is 1. The molecule has 0 spiro atoms. The number of benzene rings is 1. The van der Waals surface area contributed by atoms with E-state index in [9.17, 15) is 22.8 Å². The average molecular weight is 582 g/mol. The Labute approximate surface area is 232 Å². The number of halogens is 1. The summed E-state index contributed by atoms with van der Waals surface area (Å²) in [5, 5.41) is -0.646. The van der Waals surface area contributed by atoms with Gasteiger partial charge in [-0.1, -0.05) is 0 Å². The Morgan fingerprint density at radius 1 is 1.20 bits per heavy atom. The molecule has 11 nitrogen and oxygen atoms in total. The van der Waals surface area contributed by atoms with Gasteiger partial charge in [-0.3, -0.25) is 4.79 Å². The number of sulfone groups is 1. The van der Waals surface area contributed by atoms with Crippen molar-refractivity contribution < 1.29 is 36.6 Å². The lowest BCUT2D eigenvalue weighted by Gasteiger charge is -2.29. The lowest BCUT2D eigenvalue weighted by molar-refractivity contribution is 0.0237. The van der Waals surface area contributed by atoms with E-state index in [1.54, 1.807) is 32.7 Å². The van der Waals surface area contributed by atoms with Crippen molar-refractivity contribution in [1.82, 2.24) is 9.47 Å². The van der Waals surface area contributed by atoms with Crippen LogP contribution in [0, 0.1) is 5.82 Å². The Kier molecular flexibility index (Phi) is 7.83. The zero-order valence-corrected chi connectivity index (χ0v) is 24.7. The van der Waals surface area contributed by atoms with E-state index in [1.807, 2.05) is 0 Å². The molecule has 1 atom stereocenters. The van der Waals surface area contributed by atoms with Crippen molar-refractivity contribution in [2.24, 2.45) is 0 Å². The number of nitrogens with zero attached hydrogens (tertiary/aromatic N) is 3. The van der Waals surface area contributed by atoms with Gasteiger partial charge in [0.2, 0.25) is 5.43 Å². The van der Waals surface area contributed by atoms with Gasteiger partial charge in [-0.15, -0.1) is 0 Å². The zero-order chi connectivity index (χ0) is 29.7. The predicted octanol–water partition coefficient (Wildman–Crippen LogP) is 3.51. The van der Waals surface area contributed by atoms with Crippen LogP contribution in [-0.4, -0.2) is 81.7 Å². The van der Waals surface area contributed by atoms with Crippen LogP contribution in [0.5, 0.6) is 5.75 Å². The Morgan fingerprint density at radius 3 is 2.38 bits per heavy atom. The second kappa shape index (κ2) is 10.6. The third-order valence-corrected chi connectivity index (χ3v) is 8.09. The molecule has 1 saturated heterocycles. The molecule has 40 heavy (non-hydrogen) atoms. The molecule has 2 aliphatic rings. The Morgan fingerprint density at radius 2 is 1.85 bits per heavy atom. The first-order chi connectivity index (χ1) is 18.6. The molecular formula is C27H36FN3O8S. The third-order valence-electron chi connectivity index (χ3n) is 6.98. The lowest BCUT2D eigenvalue weighted by atomic mass is 10.1. The van der Waals surface area contributed by atoms with E-state index in [0.29, 0.717) is 25.8 Å². The van der Waals surface area contributed by atoms with Crippen molar-refractivity contribution in [1.29, 1.82) is 0 Å². The zero-order valence-electron chi connectivity index (χ0n) is 23.9. The highest BCUT2D eigenvalue weighted by Gasteiger charge is 2.39. The van der Waals surface area contributed by atoms with Crippen molar-refractivity contribution in [2.75, 3.05) is 45.0 Å². The monoisotopic (exact) mass is 581 g/mol. The quantitative estimate of drug-likeness (QED) is 0.452. The molecule has 1 aromatic carbocycles. The maximum Gasteiger partial charge on any atom is 0.410 e. The highest BCUT2D eigenvalue weighted by Crippen LogP contribution is 2.46. The minimum atomic E-state index is -4.12. The van der Waals surface area contributed by atoms with Gasteiger partial charge in [-0.05, 0) is 53.0 Å².